The van der Waals surface area contributed by atoms with Crippen LogP contribution < -0.4 is 15.8 Å². The van der Waals surface area contributed by atoms with Crippen LogP contribution in [0.25, 0.3) is 0 Å². The summed E-state index contributed by atoms with van der Waals surface area (Å²) >= 11 is 1.29. The van der Waals surface area contributed by atoms with E-state index in [0.29, 0.717) is 5.19 Å². The summed E-state index contributed by atoms with van der Waals surface area (Å²) < 4.78 is 37.2. The fraction of sp³-hybridized carbons (Fsp3) is 0.444. The zero-order valence-electron chi connectivity index (χ0n) is 9.81. The minimum Gasteiger partial charge on any atom is -0.475 e. The van der Waals surface area contributed by atoms with Gasteiger partial charge in [-0.2, -0.15) is 18.2 Å². The Bertz CT molecular complexity index is 487. The molecule has 0 unspecified atom stereocenters. The number of hydrogen-bond acceptors (Lipinski definition) is 6. The van der Waals surface area contributed by atoms with Crippen molar-refractivity contribution in [1.29, 1.82) is 0 Å². The summed E-state index contributed by atoms with van der Waals surface area (Å²) in [4.78, 5) is 23.5. The lowest BCUT2D eigenvalue weighted by molar-refractivity contribution is -0.192. The normalized spacial score (nSPS) is 14.8. The standard InChI is InChI=1S/C7H9N3O2S.C2HF3O2/c8-6(11)5-3-13-7(10-5)12-4-1-9-2-4;3-2(4,5)1(6)7/h3-4,9H,1-2H2,(H2,8,11);(H,6,7). The van der Waals surface area contributed by atoms with Gasteiger partial charge in [-0.15, -0.1) is 0 Å². The van der Waals surface area contributed by atoms with Crippen LogP contribution in [0.3, 0.4) is 0 Å². The Morgan fingerprint density at radius 3 is 2.35 bits per heavy atom. The zero-order valence-corrected chi connectivity index (χ0v) is 10.6. The van der Waals surface area contributed by atoms with Crippen molar-refractivity contribution < 1.29 is 32.6 Å². The molecule has 4 N–H and O–H groups in total. The van der Waals surface area contributed by atoms with Gasteiger partial charge in [0, 0.05) is 18.5 Å². The molecule has 1 fully saturated rings. The second kappa shape index (κ2) is 6.52. The molecule has 1 aliphatic rings. The number of nitrogens with zero attached hydrogens (tertiary/aromatic N) is 1. The number of aromatic nitrogens is 1. The summed E-state index contributed by atoms with van der Waals surface area (Å²) in [6, 6.07) is 0. The third kappa shape index (κ3) is 5.01. The summed E-state index contributed by atoms with van der Waals surface area (Å²) in [6.07, 6.45) is -4.90. The largest absolute Gasteiger partial charge is 0.490 e. The summed E-state index contributed by atoms with van der Waals surface area (Å²) in [5, 5.41) is 12.3. The van der Waals surface area contributed by atoms with E-state index in [2.05, 4.69) is 10.3 Å². The van der Waals surface area contributed by atoms with Crippen LogP contribution in [0.4, 0.5) is 13.2 Å². The number of aliphatic carboxylic acids is 1. The quantitative estimate of drug-likeness (QED) is 0.736. The predicted molar refractivity (Wildman–Crippen MR) is 61.6 cm³/mol. The molecule has 112 valence electrons. The Hall–Kier alpha value is -1.88. The molecule has 0 atom stereocenters. The lowest BCUT2D eigenvalue weighted by Crippen LogP contribution is -2.50. The second-order valence-corrected chi connectivity index (χ2v) is 4.38. The van der Waals surface area contributed by atoms with Gasteiger partial charge in [-0.3, -0.25) is 4.79 Å². The van der Waals surface area contributed by atoms with Gasteiger partial charge in [0.15, 0.2) is 0 Å². The zero-order chi connectivity index (χ0) is 15.3. The molecule has 0 saturated carbocycles. The highest BCUT2D eigenvalue weighted by Gasteiger charge is 2.38. The van der Waals surface area contributed by atoms with E-state index < -0.39 is 18.1 Å². The molecule has 0 bridgehead atoms. The Kier molecular flexibility index (Phi) is 5.27. The van der Waals surface area contributed by atoms with Crippen LogP contribution in [0, 0.1) is 0 Å². The number of amides is 1. The van der Waals surface area contributed by atoms with Gasteiger partial charge in [-0.1, -0.05) is 11.3 Å². The van der Waals surface area contributed by atoms with Gasteiger partial charge in [-0.05, 0) is 0 Å². The third-order valence-electron chi connectivity index (χ3n) is 1.99. The third-order valence-corrected chi connectivity index (χ3v) is 2.72. The molecule has 1 aliphatic heterocycles. The molecule has 0 aromatic carbocycles. The topological polar surface area (TPSA) is 115 Å². The minimum absolute atomic E-state index is 0.187. The van der Waals surface area contributed by atoms with Crippen molar-refractivity contribution in [1.82, 2.24) is 10.3 Å². The minimum atomic E-state index is -5.08. The highest BCUT2D eigenvalue weighted by molar-refractivity contribution is 7.11. The number of carbonyl (C=O) groups excluding carboxylic acids is 1. The van der Waals surface area contributed by atoms with Gasteiger partial charge in [0.2, 0.25) is 0 Å². The molecule has 2 heterocycles. The molecule has 0 spiro atoms. The monoisotopic (exact) mass is 313 g/mol. The summed E-state index contributed by atoms with van der Waals surface area (Å²) in [7, 11) is 0. The molecule has 20 heavy (non-hydrogen) atoms. The first kappa shape index (κ1) is 16.2. The van der Waals surface area contributed by atoms with E-state index >= 15 is 0 Å². The molecule has 11 heteroatoms. The van der Waals surface area contributed by atoms with Gasteiger partial charge >= 0.3 is 12.1 Å². The van der Waals surface area contributed by atoms with Crippen molar-refractivity contribution in [3.05, 3.63) is 11.1 Å². The lowest BCUT2D eigenvalue weighted by atomic mass is 10.2. The average molecular weight is 313 g/mol. The van der Waals surface area contributed by atoms with Crippen molar-refractivity contribution in [3.8, 4) is 5.19 Å². The molecular formula is C9H10F3N3O4S. The van der Waals surface area contributed by atoms with Crippen molar-refractivity contribution in [2.75, 3.05) is 13.1 Å². The second-order valence-electron chi connectivity index (χ2n) is 3.56. The molecule has 0 radical (unpaired) electrons. The number of carbonyl (C=O) groups is 2. The number of nitrogens with two attached hydrogens (primary N) is 1. The van der Waals surface area contributed by atoms with Crippen molar-refractivity contribution >= 4 is 23.2 Å². The number of hydrogen-bond donors (Lipinski definition) is 3. The Balaban J connectivity index is 0.000000246. The van der Waals surface area contributed by atoms with E-state index in [1.54, 1.807) is 5.38 Å². The highest BCUT2D eigenvalue weighted by Crippen LogP contribution is 2.19. The van der Waals surface area contributed by atoms with Gasteiger partial charge in [-0.25, -0.2) is 4.79 Å². The lowest BCUT2D eigenvalue weighted by Gasteiger charge is -2.26. The van der Waals surface area contributed by atoms with Crippen LogP contribution in [0.15, 0.2) is 5.38 Å². The first-order valence-electron chi connectivity index (χ1n) is 5.13. The first-order valence-corrected chi connectivity index (χ1v) is 6.01. The van der Waals surface area contributed by atoms with E-state index in [0.717, 1.165) is 13.1 Å². The van der Waals surface area contributed by atoms with Crippen LogP contribution >= 0.6 is 11.3 Å². The first-order chi connectivity index (χ1) is 9.20. The fourth-order valence-corrected chi connectivity index (χ4v) is 1.64. The van der Waals surface area contributed by atoms with Crippen LogP contribution in [-0.4, -0.2) is 47.3 Å². The fourth-order valence-electron chi connectivity index (χ4n) is 0.913. The van der Waals surface area contributed by atoms with E-state index in [1.807, 2.05) is 0 Å². The number of ether oxygens (including phenoxy) is 1. The van der Waals surface area contributed by atoms with Gasteiger partial charge in [0.1, 0.15) is 11.8 Å². The van der Waals surface area contributed by atoms with E-state index in [9.17, 15) is 18.0 Å². The highest BCUT2D eigenvalue weighted by atomic mass is 32.1. The number of thiazole rings is 1. The number of alkyl halides is 3. The van der Waals surface area contributed by atoms with Gasteiger partial charge in [0.05, 0.1) is 0 Å². The van der Waals surface area contributed by atoms with Gasteiger partial charge in [0.25, 0.3) is 11.1 Å². The van der Waals surface area contributed by atoms with Crippen molar-refractivity contribution in [3.63, 3.8) is 0 Å². The van der Waals surface area contributed by atoms with Gasteiger partial charge < -0.3 is 20.9 Å². The smallest absolute Gasteiger partial charge is 0.475 e. The van der Waals surface area contributed by atoms with Crippen LogP contribution in [0.5, 0.6) is 5.19 Å². The Labute approximate surface area is 114 Å². The van der Waals surface area contributed by atoms with Crippen LogP contribution in [0.2, 0.25) is 0 Å². The number of carboxylic acids is 1. The molecule has 1 aromatic heterocycles. The summed E-state index contributed by atoms with van der Waals surface area (Å²) in [5.74, 6) is -3.27. The predicted octanol–water partition coefficient (Wildman–Crippen LogP) is 0.226. The molecule has 2 rings (SSSR count). The summed E-state index contributed by atoms with van der Waals surface area (Å²) in [5.41, 5.74) is 5.31. The molecule has 0 aliphatic carbocycles. The van der Waals surface area contributed by atoms with Crippen LogP contribution in [-0.2, 0) is 4.79 Å². The molecule has 7 nitrogen and oxygen atoms in total. The molecule has 1 saturated heterocycles. The van der Waals surface area contributed by atoms with Crippen molar-refractivity contribution in [2.45, 2.75) is 12.3 Å². The number of primary amides is 1. The molecule has 1 amide bonds. The number of halogens is 3. The maximum atomic E-state index is 10.7. The summed E-state index contributed by atoms with van der Waals surface area (Å²) in [6.45, 7) is 1.68. The van der Waals surface area contributed by atoms with E-state index in [4.69, 9.17) is 20.4 Å². The Morgan fingerprint density at radius 2 is 2.05 bits per heavy atom. The SMILES string of the molecule is NC(=O)c1csc(OC2CNC2)n1.O=C(O)C(F)(F)F. The van der Waals surface area contributed by atoms with Crippen LogP contribution in [0.1, 0.15) is 10.5 Å². The average Bonchev–Trinajstić information content (AvgIpc) is 2.71. The number of nitrogens with one attached hydrogen (secondary N) is 1. The van der Waals surface area contributed by atoms with Crippen molar-refractivity contribution in [2.24, 2.45) is 5.73 Å². The van der Waals surface area contributed by atoms with E-state index in [-0.39, 0.29) is 11.8 Å². The van der Waals surface area contributed by atoms with E-state index in [1.165, 1.54) is 11.3 Å². The Morgan fingerprint density at radius 1 is 1.50 bits per heavy atom. The maximum absolute atomic E-state index is 10.7. The molecular weight excluding hydrogens is 303 g/mol. The molecule has 1 aromatic rings. The maximum Gasteiger partial charge on any atom is 0.490 e. The number of rotatable bonds is 3. The number of carboxylic acid groups (broad SMARTS) is 1.